The highest BCUT2D eigenvalue weighted by Crippen LogP contribution is 2.30. The molecule has 4 nitrogen and oxygen atoms in total. The maximum absolute atomic E-state index is 11.3. The van der Waals surface area contributed by atoms with Crippen molar-refractivity contribution in [2.45, 2.75) is 33.2 Å². The minimum atomic E-state index is -0.729. The quantitative estimate of drug-likeness (QED) is 0.775. The molecule has 1 aliphatic heterocycles. The van der Waals surface area contributed by atoms with E-state index in [1.54, 1.807) is 0 Å². The highest BCUT2D eigenvalue weighted by atomic mass is 16.5. The van der Waals surface area contributed by atoms with Crippen LogP contribution in [0.15, 0.2) is 0 Å². The molecule has 1 fully saturated rings. The minimum absolute atomic E-state index is 0.345. The predicted molar refractivity (Wildman–Crippen MR) is 62.4 cm³/mol. The Bertz CT molecular complexity index is 247. The van der Waals surface area contributed by atoms with Crippen molar-refractivity contribution in [3.05, 3.63) is 0 Å². The van der Waals surface area contributed by atoms with Gasteiger partial charge in [0.05, 0.1) is 6.61 Å². The van der Waals surface area contributed by atoms with Gasteiger partial charge in [-0.15, -0.1) is 0 Å². The van der Waals surface area contributed by atoms with Gasteiger partial charge in [-0.05, 0) is 26.3 Å². The third-order valence-corrected chi connectivity index (χ3v) is 3.77. The molecule has 1 aliphatic rings. The Morgan fingerprint density at radius 3 is 2.50 bits per heavy atom. The van der Waals surface area contributed by atoms with Crippen LogP contribution in [-0.2, 0) is 9.53 Å². The summed E-state index contributed by atoms with van der Waals surface area (Å²) >= 11 is 0. The molecule has 0 saturated carbocycles. The fraction of sp³-hybridized carbons (Fsp3) is 0.917. The standard InChI is InChI=1S/C12H23NO3/c1-9(2)10(3)13(4)7-12(11(14)15)5-6-16-8-12/h9-10H,5-8H2,1-4H3,(H,14,15). The number of carboxylic acids is 1. The van der Waals surface area contributed by atoms with Crippen LogP contribution in [0.25, 0.3) is 0 Å². The smallest absolute Gasteiger partial charge is 0.313 e. The van der Waals surface area contributed by atoms with Gasteiger partial charge in [-0.2, -0.15) is 0 Å². The summed E-state index contributed by atoms with van der Waals surface area (Å²) in [5.41, 5.74) is -0.697. The molecule has 1 rings (SSSR count). The molecule has 4 heteroatoms. The second-order valence-corrected chi connectivity index (χ2v) is 5.29. The lowest BCUT2D eigenvalue weighted by Crippen LogP contribution is -2.46. The van der Waals surface area contributed by atoms with Crippen LogP contribution in [0.3, 0.4) is 0 Å². The van der Waals surface area contributed by atoms with E-state index < -0.39 is 11.4 Å². The molecule has 0 aromatic heterocycles. The molecular weight excluding hydrogens is 206 g/mol. The summed E-state index contributed by atoms with van der Waals surface area (Å²) in [4.78, 5) is 13.5. The highest BCUT2D eigenvalue weighted by Gasteiger charge is 2.43. The number of carboxylic acid groups (broad SMARTS) is 1. The van der Waals surface area contributed by atoms with Crippen LogP contribution in [0.2, 0.25) is 0 Å². The molecule has 0 aromatic rings. The van der Waals surface area contributed by atoms with Crippen molar-refractivity contribution in [3.63, 3.8) is 0 Å². The monoisotopic (exact) mass is 229 g/mol. The predicted octanol–water partition coefficient (Wildman–Crippen LogP) is 1.45. The Hall–Kier alpha value is -0.610. The lowest BCUT2D eigenvalue weighted by molar-refractivity contribution is -0.150. The average molecular weight is 229 g/mol. The summed E-state index contributed by atoms with van der Waals surface area (Å²) in [5.74, 6) is -0.203. The van der Waals surface area contributed by atoms with Crippen LogP contribution in [0.5, 0.6) is 0 Å². The number of carbonyl (C=O) groups is 1. The van der Waals surface area contributed by atoms with Crippen LogP contribution in [0.4, 0.5) is 0 Å². The van der Waals surface area contributed by atoms with Crippen molar-refractivity contribution in [1.82, 2.24) is 4.90 Å². The Labute approximate surface area is 97.6 Å². The molecule has 16 heavy (non-hydrogen) atoms. The molecule has 1 N–H and O–H groups in total. The van der Waals surface area contributed by atoms with Crippen molar-refractivity contribution < 1.29 is 14.6 Å². The van der Waals surface area contributed by atoms with Gasteiger partial charge >= 0.3 is 5.97 Å². The molecule has 2 unspecified atom stereocenters. The summed E-state index contributed by atoms with van der Waals surface area (Å²) in [6.45, 7) is 7.92. The molecule has 0 bridgehead atoms. The maximum Gasteiger partial charge on any atom is 0.313 e. The Balaban J connectivity index is 2.66. The first-order valence-corrected chi connectivity index (χ1v) is 5.90. The lowest BCUT2D eigenvalue weighted by Gasteiger charge is -2.34. The number of hydrogen-bond acceptors (Lipinski definition) is 3. The van der Waals surface area contributed by atoms with E-state index in [0.717, 1.165) is 0 Å². The SMILES string of the molecule is CC(C)C(C)N(C)CC1(C(=O)O)CCOC1. The third-order valence-electron chi connectivity index (χ3n) is 3.77. The summed E-state index contributed by atoms with van der Waals surface area (Å²) in [7, 11) is 1.99. The van der Waals surface area contributed by atoms with Crippen molar-refractivity contribution in [2.24, 2.45) is 11.3 Å². The molecule has 94 valence electrons. The van der Waals surface area contributed by atoms with Gasteiger partial charge in [0.15, 0.2) is 0 Å². The normalized spacial score (nSPS) is 27.6. The van der Waals surface area contributed by atoms with Gasteiger partial charge in [0.1, 0.15) is 5.41 Å². The zero-order valence-corrected chi connectivity index (χ0v) is 10.7. The highest BCUT2D eigenvalue weighted by molar-refractivity contribution is 5.75. The van der Waals surface area contributed by atoms with E-state index in [-0.39, 0.29) is 0 Å². The largest absolute Gasteiger partial charge is 0.481 e. The zero-order chi connectivity index (χ0) is 12.3. The first kappa shape index (κ1) is 13.5. The molecule has 0 aromatic carbocycles. The maximum atomic E-state index is 11.3. The molecule has 1 saturated heterocycles. The van der Waals surface area contributed by atoms with Crippen LogP contribution in [-0.4, -0.2) is 48.8 Å². The van der Waals surface area contributed by atoms with Crippen LogP contribution in [0.1, 0.15) is 27.2 Å². The van der Waals surface area contributed by atoms with E-state index in [4.69, 9.17) is 4.74 Å². The van der Waals surface area contributed by atoms with Gasteiger partial charge in [-0.25, -0.2) is 0 Å². The van der Waals surface area contributed by atoms with Gasteiger partial charge < -0.3 is 14.7 Å². The van der Waals surface area contributed by atoms with E-state index in [1.165, 1.54) is 0 Å². The molecule has 0 amide bonds. The van der Waals surface area contributed by atoms with Crippen molar-refractivity contribution in [1.29, 1.82) is 0 Å². The fourth-order valence-electron chi connectivity index (χ4n) is 2.10. The number of nitrogens with zero attached hydrogens (tertiary/aromatic N) is 1. The van der Waals surface area contributed by atoms with Gasteiger partial charge in [-0.3, -0.25) is 4.79 Å². The van der Waals surface area contributed by atoms with Crippen molar-refractivity contribution in [2.75, 3.05) is 26.8 Å². The lowest BCUT2D eigenvalue weighted by atomic mass is 9.86. The average Bonchev–Trinajstić information content (AvgIpc) is 2.66. The van der Waals surface area contributed by atoms with E-state index >= 15 is 0 Å². The van der Waals surface area contributed by atoms with Crippen molar-refractivity contribution >= 4 is 5.97 Å². The molecule has 2 atom stereocenters. The van der Waals surface area contributed by atoms with Gasteiger partial charge in [0, 0.05) is 19.2 Å². The number of aliphatic carboxylic acids is 1. The first-order valence-electron chi connectivity index (χ1n) is 5.90. The van der Waals surface area contributed by atoms with E-state index in [9.17, 15) is 9.90 Å². The van der Waals surface area contributed by atoms with Crippen LogP contribution >= 0.6 is 0 Å². The molecule has 1 heterocycles. The zero-order valence-electron chi connectivity index (χ0n) is 10.7. The third kappa shape index (κ3) is 2.74. The van der Waals surface area contributed by atoms with E-state index in [0.29, 0.717) is 38.1 Å². The number of hydrogen-bond donors (Lipinski definition) is 1. The second-order valence-electron chi connectivity index (χ2n) is 5.29. The van der Waals surface area contributed by atoms with Gasteiger partial charge in [-0.1, -0.05) is 13.8 Å². The molecule has 0 spiro atoms. The fourth-order valence-corrected chi connectivity index (χ4v) is 2.10. The Morgan fingerprint density at radius 1 is 1.50 bits per heavy atom. The molecular formula is C12H23NO3. The summed E-state index contributed by atoms with van der Waals surface area (Å²) in [6, 6.07) is 0.386. The number of rotatable bonds is 5. The van der Waals surface area contributed by atoms with Crippen LogP contribution < -0.4 is 0 Å². The summed E-state index contributed by atoms with van der Waals surface area (Å²) in [6.07, 6.45) is 0.623. The summed E-state index contributed by atoms with van der Waals surface area (Å²) in [5, 5.41) is 9.33. The van der Waals surface area contributed by atoms with E-state index in [2.05, 4.69) is 25.7 Å². The second kappa shape index (κ2) is 5.15. The first-order chi connectivity index (χ1) is 7.39. The topological polar surface area (TPSA) is 49.8 Å². The molecule has 0 aliphatic carbocycles. The van der Waals surface area contributed by atoms with Crippen molar-refractivity contribution in [3.8, 4) is 0 Å². The van der Waals surface area contributed by atoms with Gasteiger partial charge in [0.25, 0.3) is 0 Å². The Morgan fingerprint density at radius 2 is 2.12 bits per heavy atom. The summed E-state index contributed by atoms with van der Waals surface area (Å²) < 4.78 is 5.26. The van der Waals surface area contributed by atoms with E-state index in [1.807, 2.05) is 7.05 Å². The van der Waals surface area contributed by atoms with Crippen LogP contribution in [0, 0.1) is 11.3 Å². The minimum Gasteiger partial charge on any atom is -0.481 e. The number of ether oxygens (including phenoxy) is 1. The Kier molecular flexibility index (Phi) is 4.33. The van der Waals surface area contributed by atoms with Gasteiger partial charge in [0.2, 0.25) is 0 Å². The molecule has 0 radical (unpaired) electrons.